The van der Waals surface area contributed by atoms with Crippen molar-refractivity contribution in [1.29, 1.82) is 0 Å². The van der Waals surface area contributed by atoms with E-state index >= 15 is 0 Å². The van der Waals surface area contributed by atoms with Crippen LogP contribution in [0.4, 0.5) is 10.2 Å². The van der Waals surface area contributed by atoms with Crippen molar-refractivity contribution < 1.29 is 9.18 Å². The Hall–Kier alpha value is -3.74. The molecule has 1 fully saturated rings. The molecule has 0 radical (unpaired) electrons. The summed E-state index contributed by atoms with van der Waals surface area (Å²) >= 11 is 0. The van der Waals surface area contributed by atoms with Gasteiger partial charge in [0.2, 0.25) is 5.91 Å². The highest BCUT2D eigenvalue weighted by molar-refractivity contribution is 5.92. The van der Waals surface area contributed by atoms with E-state index in [0.717, 1.165) is 35.3 Å². The minimum absolute atomic E-state index is 0.130. The predicted molar refractivity (Wildman–Crippen MR) is 112 cm³/mol. The van der Waals surface area contributed by atoms with Crippen molar-refractivity contribution in [3.8, 4) is 16.9 Å². The number of anilines is 1. The van der Waals surface area contributed by atoms with Gasteiger partial charge in [-0.3, -0.25) is 9.89 Å². The molecule has 1 aliphatic rings. The summed E-state index contributed by atoms with van der Waals surface area (Å²) in [7, 11) is 0. The van der Waals surface area contributed by atoms with E-state index in [2.05, 4.69) is 20.6 Å². The first-order chi connectivity index (χ1) is 14.7. The molecule has 2 aromatic carbocycles. The molecule has 7 heteroatoms. The highest BCUT2D eigenvalue weighted by Gasteiger charge is 2.26. The number of para-hydroxylation sites is 1. The number of rotatable bonds is 6. The molecule has 1 aliphatic carbocycles. The fourth-order valence-electron chi connectivity index (χ4n) is 3.47. The molecule has 30 heavy (non-hydrogen) atoms. The molecule has 5 rings (SSSR count). The Bertz CT molecular complexity index is 1180. The van der Waals surface area contributed by atoms with E-state index < -0.39 is 0 Å². The van der Waals surface area contributed by atoms with Crippen molar-refractivity contribution in [1.82, 2.24) is 20.0 Å². The maximum atomic E-state index is 13.4. The smallest absolute Gasteiger partial charge is 0.230 e. The zero-order valence-corrected chi connectivity index (χ0v) is 16.2. The molecular weight excluding hydrogens is 381 g/mol. The normalized spacial score (nSPS) is 13.4. The second-order valence-corrected chi connectivity index (χ2v) is 7.50. The number of hydrogen-bond acceptors (Lipinski definition) is 3. The molecule has 2 heterocycles. The van der Waals surface area contributed by atoms with Gasteiger partial charge in [0.05, 0.1) is 17.8 Å². The van der Waals surface area contributed by atoms with Gasteiger partial charge in [0.25, 0.3) is 0 Å². The number of amides is 1. The third-order valence-corrected chi connectivity index (χ3v) is 5.16. The number of aromatic nitrogens is 4. The van der Waals surface area contributed by atoms with Crippen molar-refractivity contribution >= 4 is 11.7 Å². The number of hydrogen-bond donors (Lipinski definition) is 2. The summed E-state index contributed by atoms with van der Waals surface area (Å²) in [5.74, 6) is 0.573. The number of benzene rings is 2. The standard InChI is InChI=1S/C23H20FN5O/c24-18-10-8-16(9-11-18)23-17(14-29(28-23)19-4-2-1-3-5-19)12-22(30)25-21-13-20(26-27-21)15-6-7-15/h1-5,8-11,13-15H,6-7,12H2,(H2,25,26,27,30). The van der Waals surface area contributed by atoms with E-state index in [1.54, 1.807) is 16.8 Å². The molecular formula is C23H20FN5O. The number of nitrogens with zero attached hydrogens (tertiary/aromatic N) is 3. The van der Waals surface area contributed by atoms with Gasteiger partial charge in [-0.25, -0.2) is 9.07 Å². The molecule has 150 valence electrons. The van der Waals surface area contributed by atoms with Crippen LogP contribution in [0.5, 0.6) is 0 Å². The van der Waals surface area contributed by atoms with Crippen LogP contribution >= 0.6 is 0 Å². The number of halogens is 1. The molecule has 4 aromatic rings. The second-order valence-electron chi connectivity index (χ2n) is 7.50. The molecule has 0 bridgehead atoms. The van der Waals surface area contributed by atoms with Crippen LogP contribution in [0, 0.1) is 5.82 Å². The zero-order valence-electron chi connectivity index (χ0n) is 16.2. The Balaban J connectivity index is 1.42. The first kappa shape index (κ1) is 18.3. The van der Waals surface area contributed by atoms with Gasteiger partial charge < -0.3 is 5.32 Å². The lowest BCUT2D eigenvalue weighted by atomic mass is 10.1. The fraction of sp³-hybridized carbons (Fsp3) is 0.174. The third-order valence-electron chi connectivity index (χ3n) is 5.16. The van der Waals surface area contributed by atoms with Crippen LogP contribution in [0.15, 0.2) is 66.9 Å². The Morgan fingerprint density at radius 3 is 2.63 bits per heavy atom. The van der Waals surface area contributed by atoms with Gasteiger partial charge in [0.15, 0.2) is 5.82 Å². The van der Waals surface area contributed by atoms with E-state index in [4.69, 9.17) is 0 Å². The zero-order chi connectivity index (χ0) is 20.5. The average molecular weight is 401 g/mol. The largest absolute Gasteiger partial charge is 0.309 e. The molecule has 1 saturated carbocycles. The van der Waals surface area contributed by atoms with Crippen molar-refractivity contribution in [2.75, 3.05) is 5.32 Å². The number of aromatic amines is 1. The Kier molecular flexibility index (Phi) is 4.63. The van der Waals surface area contributed by atoms with Gasteiger partial charge in [0, 0.05) is 35.0 Å². The summed E-state index contributed by atoms with van der Waals surface area (Å²) in [6.07, 6.45) is 4.30. The van der Waals surface area contributed by atoms with Crippen molar-refractivity contribution in [3.63, 3.8) is 0 Å². The summed E-state index contributed by atoms with van der Waals surface area (Å²) in [5, 5.41) is 14.7. The molecule has 6 nitrogen and oxygen atoms in total. The summed E-state index contributed by atoms with van der Waals surface area (Å²) in [5.41, 5.74) is 4.10. The Labute approximate surface area is 172 Å². The average Bonchev–Trinajstić information content (AvgIpc) is 3.37. The monoisotopic (exact) mass is 401 g/mol. The van der Waals surface area contributed by atoms with Gasteiger partial charge in [-0.05, 0) is 49.2 Å². The van der Waals surface area contributed by atoms with E-state index in [1.165, 1.54) is 12.1 Å². The maximum Gasteiger partial charge on any atom is 0.230 e. The fourth-order valence-corrected chi connectivity index (χ4v) is 3.47. The van der Waals surface area contributed by atoms with E-state index in [1.807, 2.05) is 42.6 Å². The quantitative estimate of drug-likeness (QED) is 0.501. The highest BCUT2D eigenvalue weighted by Crippen LogP contribution is 2.39. The van der Waals surface area contributed by atoms with Crippen LogP contribution in [-0.2, 0) is 11.2 Å². The molecule has 0 atom stereocenters. The number of carbonyl (C=O) groups excluding carboxylic acids is 1. The van der Waals surface area contributed by atoms with Crippen LogP contribution in [0.25, 0.3) is 16.9 Å². The van der Waals surface area contributed by atoms with Gasteiger partial charge in [-0.15, -0.1) is 0 Å². The maximum absolute atomic E-state index is 13.4. The summed E-state index contributed by atoms with van der Waals surface area (Å²) in [6, 6.07) is 17.7. The highest BCUT2D eigenvalue weighted by atomic mass is 19.1. The molecule has 0 saturated heterocycles. The molecule has 0 unspecified atom stereocenters. The van der Waals surface area contributed by atoms with Crippen molar-refractivity contribution in [3.05, 3.63) is 83.9 Å². The summed E-state index contributed by atoms with van der Waals surface area (Å²) in [6.45, 7) is 0. The van der Waals surface area contributed by atoms with Crippen LogP contribution in [0.3, 0.4) is 0 Å². The van der Waals surface area contributed by atoms with Gasteiger partial charge in [-0.2, -0.15) is 10.2 Å². The molecule has 2 aromatic heterocycles. The minimum Gasteiger partial charge on any atom is -0.309 e. The van der Waals surface area contributed by atoms with Crippen LogP contribution in [-0.4, -0.2) is 25.9 Å². The van der Waals surface area contributed by atoms with Crippen LogP contribution < -0.4 is 5.32 Å². The van der Waals surface area contributed by atoms with E-state index in [9.17, 15) is 9.18 Å². The minimum atomic E-state index is -0.314. The first-order valence-corrected chi connectivity index (χ1v) is 9.91. The lowest BCUT2D eigenvalue weighted by molar-refractivity contribution is -0.115. The van der Waals surface area contributed by atoms with Crippen molar-refractivity contribution in [2.24, 2.45) is 0 Å². The van der Waals surface area contributed by atoms with Gasteiger partial charge in [-0.1, -0.05) is 18.2 Å². The number of carbonyl (C=O) groups is 1. The molecule has 0 spiro atoms. The van der Waals surface area contributed by atoms with Crippen molar-refractivity contribution in [2.45, 2.75) is 25.2 Å². The Morgan fingerprint density at radius 2 is 1.90 bits per heavy atom. The van der Waals surface area contributed by atoms with Gasteiger partial charge in [0.1, 0.15) is 5.82 Å². The van der Waals surface area contributed by atoms with Crippen LogP contribution in [0.2, 0.25) is 0 Å². The number of nitrogens with one attached hydrogen (secondary N) is 2. The van der Waals surface area contributed by atoms with Gasteiger partial charge >= 0.3 is 0 Å². The molecule has 1 amide bonds. The Morgan fingerprint density at radius 1 is 1.13 bits per heavy atom. The summed E-state index contributed by atoms with van der Waals surface area (Å²) in [4.78, 5) is 12.7. The lowest BCUT2D eigenvalue weighted by Gasteiger charge is -2.03. The van der Waals surface area contributed by atoms with Crippen LogP contribution in [0.1, 0.15) is 30.0 Å². The lowest BCUT2D eigenvalue weighted by Crippen LogP contribution is -2.14. The molecule has 0 aliphatic heterocycles. The topological polar surface area (TPSA) is 75.6 Å². The second kappa shape index (κ2) is 7.59. The number of H-pyrrole nitrogens is 1. The SMILES string of the molecule is O=C(Cc1cn(-c2ccccc2)nc1-c1ccc(F)cc1)Nc1cc(C2CC2)[nH]n1. The predicted octanol–water partition coefficient (Wildman–Crippen LogP) is 4.46. The third kappa shape index (κ3) is 3.87. The van der Waals surface area contributed by atoms with E-state index in [0.29, 0.717) is 17.4 Å². The summed E-state index contributed by atoms with van der Waals surface area (Å²) < 4.78 is 15.1. The first-order valence-electron chi connectivity index (χ1n) is 9.91. The molecule has 2 N–H and O–H groups in total. The van der Waals surface area contributed by atoms with E-state index in [-0.39, 0.29) is 18.1 Å².